The number of hydrogen-bond acceptors (Lipinski definition) is 4. The maximum atomic E-state index is 10.9. The Labute approximate surface area is 132 Å². The standard InChI is InChI=1S/C15H24N2O3.ClH/c1-11(18)17-12-5-7-14(8-6-12)20-10-13(19)9-16-15(2,3)4;/h5-8,13,16,19H,9-10H2,1-4H3,(H,17,18);1H. The summed E-state index contributed by atoms with van der Waals surface area (Å²) in [6.45, 7) is 8.29. The summed E-state index contributed by atoms with van der Waals surface area (Å²) in [5.41, 5.74) is 0.695. The summed E-state index contributed by atoms with van der Waals surface area (Å²) >= 11 is 0. The first-order chi connectivity index (χ1) is 9.26. The Morgan fingerprint density at radius 1 is 1.29 bits per heavy atom. The fraction of sp³-hybridized carbons (Fsp3) is 0.533. The molecule has 0 bridgehead atoms. The lowest BCUT2D eigenvalue weighted by Gasteiger charge is -2.23. The quantitative estimate of drug-likeness (QED) is 0.752. The molecule has 0 aliphatic rings. The van der Waals surface area contributed by atoms with E-state index in [1.165, 1.54) is 6.92 Å². The maximum Gasteiger partial charge on any atom is 0.221 e. The topological polar surface area (TPSA) is 70.6 Å². The van der Waals surface area contributed by atoms with Gasteiger partial charge in [0.05, 0.1) is 0 Å². The highest BCUT2D eigenvalue weighted by Gasteiger charge is 2.12. The predicted molar refractivity (Wildman–Crippen MR) is 87.3 cm³/mol. The van der Waals surface area contributed by atoms with Crippen molar-refractivity contribution in [1.29, 1.82) is 0 Å². The summed E-state index contributed by atoms with van der Waals surface area (Å²) in [6.07, 6.45) is -0.566. The summed E-state index contributed by atoms with van der Waals surface area (Å²) in [5.74, 6) is 0.552. The van der Waals surface area contributed by atoms with Crippen molar-refractivity contribution in [3.8, 4) is 5.75 Å². The van der Waals surface area contributed by atoms with Crippen LogP contribution in [0.3, 0.4) is 0 Å². The molecule has 0 heterocycles. The number of hydrogen-bond donors (Lipinski definition) is 3. The number of aliphatic hydroxyl groups is 1. The van der Waals surface area contributed by atoms with Gasteiger partial charge >= 0.3 is 0 Å². The van der Waals surface area contributed by atoms with Crippen molar-refractivity contribution in [1.82, 2.24) is 5.32 Å². The van der Waals surface area contributed by atoms with Crippen LogP contribution in [-0.2, 0) is 4.79 Å². The van der Waals surface area contributed by atoms with E-state index in [1.54, 1.807) is 24.3 Å². The van der Waals surface area contributed by atoms with Gasteiger partial charge in [-0.2, -0.15) is 0 Å². The van der Waals surface area contributed by atoms with E-state index in [4.69, 9.17) is 4.74 Å². The largest absolute Gasteiger partial charge is 0.491 e. The van der Waals surface area contributed by atoms with E-state index in [9.17, 15) is 9.90 Å². The van der Waals surface area contributed by atoms with Crippen molar-refractivity contribution in [3.63, 3.8) is 0 Å². The first-order valence-corrected chi connectivity index (χ1v) is 6.70. The molecule has 120 valence electrons. The third-order valence-corrected chi connectivity index (χ3v) is 2.49. The normalized spacial score (nSPS) is 12.2. The Bertz CT molecular complexity index is 430. The number of benzene rings is 1. The van der Waals surface area contributed by atoms with Crippen LogP contribution in [0.25, 0.3) is 0 Å². The van der Waals surface area contributed by atoms with Gasteiger partial charge in [-0.15, -0.1) is 12.4 Å². The molecular formula is C15H25ClN2O3. The van der Waals surface area contributed by atoms with Gasteiger partial charge in [0.15, 0.2) is 0 Å². The van der Waals surface area contributed by atoms with Crippen molar-refractivity contribution in [2.75, 3.05) is 18.5 Å². The molecule has 6 heteroatoms. The first-order valence-electron chi connectivity index (χ1n) is 6.70. The lowest BCUT2D eigenvalue weighted by Crippen LogP contribution is -2.42. The molecule has 0 aromatic heterocycles. The van der Waals surface area contributed by atoms with Crippen molar-refractivity contribution >= 4 is 24.0 Å². The number of β-amino-alcohol motifs (C(OH)–C–C–N with tert-alkyl or cyclic N) is 1. The Morgan fingerprint density at radius 3 is 2.33 bits per heavy atom. The fourth-order valence-corrected chi connectivity index (χ4v) is 1.51. The molecule has 0 saturated heterocycles. The summed E-state index contributed by atoms with van der Waals surface area (Å²) in [7, 11) is 0. The van der Waals surface area contributed by atoms with Crippen LogP contribution in [0.1, 0.15) is 27.7 Å². The monoisotopic (exact) mass is 316 g/mol. The Hall–Kier alpha value is -1.30. The average molecular weight is 317 g/mol. The van der Waals surface area contributed by atoms with E-state index < -0.39 is 6.10 Å². The zero-order chi connectivity index (χ0) is 15.2. The molecular weight excluding hydrogens is 292 g/mol. The summed E-state index contributed by atoms with van der Waals surface area (Å²) in [6, 6.07) is 7.04. The van der Waals surface area contributed by atoms with Crippen molar-refractivity contribution in [2.24, 2.45) is 0 Å². The third kappa shape index (κ3) is 9.28. The molecule has 21 heavy (non-hydrogen) atoms. The molecule has 1 aromatic rings. The number of nitrogens with one attached hydrogen (secondary N) is 2. The summed E-state index contributed by atoms with van der Waals surface area (Å²) < 4.78 is 5.49. The zero-order valence-electron chi connectivity index (χ0n) is 13.0. The minimum absolute atomic E-state index is 0. The second-order valence-electron chi connectivity index (χ2n) is 5.80. The second-order valence-corrected chi connectivity index (χ2v) is 5.80. The third-order valence-electron chi connectivity index (χ3n) is 2.49. The number of rotatable bonds is 6. The van der Waals surface area contributed by atoms with Gasteiger partial charge in [0.1, 0.15) is 18.5 Å². The summed E-state index contributed by atoms with van der Waals surface area (Å²) in [4.78, 5) is 10.9. The van der Waals surface area contributed by atoms with E-state index in [2.05, 4.69) is 10.6 Å². The molecule has 0 aliphatic heterocycles. The molecule has 1 atom stereocenters. The van der Waals surface area contributed by atoms with Crippen molar-refractivity contribution in [3.05, 3.63) is 24.3 Å². The Morgan fingerprint density at radius 2 is 1.86 bits per heavy atom. The fourth-order valence-electron chi connectivity index (χ4n) is 1.51. The molecule has 1 unspecified atom stereocenters. The van der Waals surface area contributed by atoms with Gasteiger partial charge in [0, 0.05) is 24.7 Å². The number of ether oxygens (including phenoxy) is 1. The number of aliphatic hydroxyl groups excluding tert-OH is 1. The Balaban J connectivity index is 0.00000400. The minimum atomic E-state index is -0.566. The van der Waals surface area contributed by atoms with Crippen molar-refractivity contribution < 1.29 is 14.6 Å². The number of carbonyl (C=O) groups excluding carboxylic acids is 1. The van der Waals surface area contributed by atoms with Gasteiger partial charge in [0.25, 0.3) is 0 Å². The SMILES string of the molecule is CC(=O)Nc1ccc(OCC(O)CNC(C)(C)C)cc1.Cl. The molecule has 0 radical (unpaired) electrons. The van der Waals surface area contributed by atoms with Gasteiger partial charge in [-0.1, -0.05) is 0 Å². The predicted octanol–water partition coefficient (Wildman–Crippen LogP) is 2.19. The van der Waals surface area contributed by atoms with Gasteiger partial charge in [-0.05, 0) is 45.0 Å². The van der Waals surface area contributed by atoms with Crippen LogP contribution in [0.4, 0.5) is 5.69 Å². The van der Waals surface area contributed by atoms with Crippen LogP contribution >= 0.6 is 12.4 Å². The highest BCUT2D eigenvalue weighted by molar-refractivity contribution is 5.88. The van der Waals surface area contributed by atoms with Gasteiger partial charge in [-0.3, -0.25) is 4.79 Å². The second kappa shape index (κ2) is 8.87. The first kappa shape index (κ1) is 19.7. The van der Waals surface area contributed by atoms with E-state index in [0.717, 1.165) is 5.69 Å². The van der Waals surface area contributed by atoms with Crippen LogP contribution in [-0.4, -0.2) is 35.8 Å². The number of amides is 1. The van der Waals surface area contributed by atoms with Gasteiger partial charge in [0.2, 0.25) is 5.91 Å². The minimum Gasteiger partial charge on any atom is -0.491 e. The molecule has 5 nitrogen and oxygen atoms in total. The molecule has 1 aromatic carbocycles. The Kier molecular flexibility index (Phi) is 8.32. The van der Waals surface area contributed by atoms with E-state index in [0.29, 0.717) is 12.3 Å². The smallest absolute Gasteiger partial charge is 0.221 e. The molecule has 0 spiro atoms. The number of anilines is 1. The summed E-state index contributed by atoms with van der Waals surface area (Å²) in [5, 5.41) is 15.7. The van der Waals surface area contributed by atoms with Crippen LogP contribution < -0.4 is 15.4 Å². The lowest BCUT2D eigenvalue weighted by molar-refractivity contribution is -0.114. The number of halogens is 1. The van der Waals surface area contributed by atoms with Crippen LogP contribution in [0, 0.1) is 0 Å². The zero-order valence-corrected chi connectivity index (χ0v) is 13.8. The van der Waals surface area contributed by atoms with Crippen LogP contribution in [0.2, 0.25) is 0 Å². The highest BCUT2D eigenvalue weighted by atomic mass is 35.5. The molecule has 3 N–H and O–H groups in total. The number of carbonyl (C=O) groups is 1. The van der Waals surface area contributed by atoms with Crippen LogP contribution in [0.15, 0.2) is 24.3 Å². The maximum absolute atomic E-state index is 10.9. The van der Waals surface area contributed by atoms with Crippen molar-refractivity contribution in [2.45, 2.75) is 39.3 Å². The van der Waals surface area contributed by atoms with Gasteiger partial charge in [-0.25, -0.2) is 0 Å². The average Bonchev–Trinajstić information content (AvgIpc) is 2.34. The van der Waals surface area contributed by atoms with Gasteiger partial charge < -0.3 is 20.5 Å². The molecule has 0 aliphatic carbocycles. The molecule has 1 amide bonds. The highest BCUT2D eigenvalue weighted by Crippen LogP contribution is 2.15. The molecule has 0 fully saturated rings. The van der Waals surface area contributed by atoms with Crippen LogP contribution in [0.5, 0.6) is 5.75 Å². The lowest BCUT2D eigenvalue weighted by atomic mass is 10.1. The molecule has 1 rings (SSSR count). The van der Waals surface area contributed by atoms with E-state index in [-0.39, 0.29) is 30.5 Å². The molecule has 0 saturated carbocycles. The van der Waals surface area contributed by atoms with E-state index in [1.807, 2.05) is 20.8 Å². The van der Waals surface area contributed by atoms with E-state index >= 15 is 0 Å².